The van der Waals surface area contributed by atoms with Crippen molar-refractivity contribution in [3.63, 3.8) is 0 Å². The van der Waals surface area contributed by atoms with E-state index in [1.54, 1.807) is 14.2 Å². The smallest absolute Gasteiger partial charge is 0.351 e. The van der Waals surface area contributed by atoms with E-state index in [1.807, 2.05) is 78.9 Å². The number of esters is 1. The summed E-state index contributed by atoms with van der Waals surface area (Å²) >= 11 is 0. The summed E-state index contributed by atoms with van der Waals surface area (Å²) < 4.78 is 37.4. The lowest BCUT2D eigenvalue weighted by Crippen LogP contribution is -2.46. The minimum atomic E-state index is -1.36. The van der Waals surface area contributed by atoms with Gasteiger partial charge in [0.1, 0.15) is 47.8 Å². The Morgan fingerprint density at radius 3 is 1.94 bits per heavy atom. The highest BCUT2D eigenvalue weighted by Gasteiger charge is 2.52. The summed E-state index contributed by atoms with van der Waals surface area (Å²) in [5, 5.41) is 11.6. The molecule has 4 aromatic rings. The quantitative estimate of drug-likeness (QED) is 0.135. The second-order valence-electron chi connectivity index (χ2n) is 11.6. The van der Waals surface area contributed by atoms with Gasteiger partial charge in [0.2, 0.25) is 5.91 Å². The fraction of sp³-hybridized carbons (Fsp3) is 0.324. The number of rotatable bonds is 15. The number of carbonyl (C=O) groups excluding carboxylic acids is 2. The van der Waals surface area contributed by atoms with Crippen LogP contribution in [0.5, 0.6) is 11.5 Å². The molecule has 14 heteroatoms. The molecule has 0 saturated carbocycles. The van der Waals surface area contributed by atoms with E-state index >= 15 is 0 Å². The van der Waals surface area contributed by atoms with Crippen molar-refractivity contribution in [1.82, 2.24) is 9.55 Å². The van der Waals surface area contributed by atoms with Crippen LogP contribution in [0.25, 0.3) is 0 Å². The molecule has 268 valence electrons. The molecular formula is C37H39N3O11. The first kappa shape index (κ1) is 36.7. The van der Waals surface area contributed by atoms with Gasteiger partial charge in [-0.25, -0.2) is 4.79 Å². The summed E-state index contributed by atoms with van der Waals surface area (Å²) in [4.78, 5) is 52.6. The van der Waals surface area contributed by atoms with Crippen LogP contribution in [0.3, 0.4) is 0 Å². The van der Waals surface area contributed by atoms with E-state index < -0.39 is 60.1 Å². The zero-order valence-corrected chi connectivity index (χ0v) is 28.5. The standard InChI is InChI=1S/C37H39N3O11/c1-23(41)38-30-20-21-40(36(45)39-30)35-34(48-4)33(29(50-35)22-49-32(44)19-18-31(42)43)51-37(24-8-6-5-7-9-24,25-10-14-27(46-2)15-11-25)26-12-16-28(47-3)17-13-26/h5-17,20-21,29,33-35H,18-19,22H2,1-4H3,(H,42,43)(H,38,39,41,45)/t29-,33-,34-,35-/m1/s1. The van der Waals surface area contributed by atoms with E-state index in [2.05, 4.69) is 10.3 Å². The number of nitrogens with zero attached hydrogens (tertiary/aromatic N) is 2. The third-order valence-electron chi connectivity index (χ3n) is 8.40. The number of aliphatic carboxylic acids is 1. The number of carbonyl (C=O) groups is 3. The van der Waals surface area contributed by atoms with Crippen molar-refractivity contribution in [2.75, 3.05) is 33.3 Å². The van der Waals surface area contributed by atoms with Crippen LogP contribution in [0.15, 0.2) is 95.9 Å². The van der Waals surface area contributed by atoms with E-state index in [0.717, 1.165) is 5.56 Å². The molecule has 1 saturated heterocycles. The van der Waals surface area contributed by atoms with Gasteiger partial charge in [0.05, 0.1) is 27.1 Å². The lowest BCUT2D eigenvalue weighted by Gasteiger charge is -2.40. The predicted molar refractivity (Wildman–Crippen MR) is 183 cm³/mol. The van der Waals surface area contributed by atoms with Crippen molar-refractivity contribution in [3.05, 3.63) is 118 Å². The summed E-state index contributed by atoms with van der Waals surface area (Å²) in [6.07, 6.45) is -3.54. The van der Waals surface area contributed by atoms with E-state index in [0.29, 0.717) is 22.6 Å². The van der Waals surface area contributed by atoms with Crippen molar-refractivity contribution in [1.29, 1.82) is 0 Å². The van der Waals surface area contributed by atoms with Crippen molar-refractivity contribution in [2.45, 2.75) is 49.9 Å². The van der Waals surface area contributed by atoms with Crippen LogP contribution >= 0.6 is 0 Å². The lowest BCUT2D eigenvalue weighted by molar-refractivity contribution is -0.156. The summed E-state index contributed by atoms with van der Waals surface area (Å²) in [5.74, 6) is -1.01. The number of aromatic nitrogens is 2. The average molecular weight is 702 g/mol. The second kappa shape index (κ2) is 16.4. The molecule has 4 atom stereocenters. The minimum Gasteiger partial charge on any atom is -0.497 e. The number of methoxy groups -OCH3 is 3. The third-order valence-corrected chi connectivity index (χ3v) is 8.40. The van der Waals surface area contributed by atoms with Gasteiger partial charge in [-0.15, -0.1) is 0 Å². The Labute approximate surface area is 293 Å². The van der Waals surface area contributed by atoms with Crippen LogP contribution in [0.4, 0.5) is 5.82 Å². The van der Waals surface area contributed by atoms with Gasteiger partial charge in [-0.2, -0.15) is 4.98 Å². The Hall–Kier alpha value is -5.57. The molecule has 1 amide bonds. The van der Waals surface area contributed by atoms with Gasteiger partial charge in [0.25, 0.3) is 0 Å². The lowest BCUT2D eigenvalue weighted by atomic mass is 9.79. The van der Waals surface area contributed by atoms with Crippen molar-refractivity contribution < 1.29 is 47.9 Å². The summed E-state index contributed by atoms with van der Waals surface area (Å²) in [6, 6.07) is 25.7. The number of amides is 1. The van der Waals surface area contributed by atoms with Gasteiger partial charge < -0.3 is 38.8 Å². The highest BCUT2D eigenvalue weighted by Crippen LogP contribution is 2.46. The Balaban J connectivity index is 1.66. The molecule has 1 aliphatic heterocycles. The molecule has 0 radical (unpaired) electrons. The fourth-order valence-corrected chi connectivity index (χ4v) is 6.00. The third kappa shape index (κ3) is 8.26. The molecule has 1 aliphatic rings. The topological polar surface area (TPSA) is 174 Å². The Kier molecular flexibility index (Phi) is 11.8. The number of carboxylic acids is 1. The Morgan fingerprint density at radius 2 is 1.43 bits per heavy atom. The molecular weight excluding hydrogens is 662 g/mol. The molecule has 1 aromatic heterocycles. The Bertz CT molecular complexity index is 1820. The molecule has 0 bridgehead atoms. The van der Waals surface area contributed by atoms with Crippen LogP contribution in [0.1, 0.15) is 42.7 Å². The molecule has 51 heavy (non-hydrogen) atoms. The molecule has 3 aromatic carbocycles. The van der Waals surface area contributed by atoms with Crippen molar-refractivity contribution in [2.24, 2.45) is 0 Å². The van der Waals surface area contributed by atoms with E-state index in [4.69, 9.17) is 33.5 Å². The largest absolute Gasteiger partial charge is 0.497 e. The van der Waals surface area contributed by atoms with Crippen molar-refractivity contribution >= 4 is 23.7 Å². The number of carboxylic acid groups (broad SMARTS) is 1. The van der Waals surface area contributed by atoms with Gasteiger partial charge in [0, 0.05) is 20.2 Å². The molecule has 1 fully saturated rings. The highest BCUT2D eigenvalue weighted by molar-refractivity contribution is 5.87. The highest BCUT2D eigenvalue weighted by atomic mass is 16.6. The summed E-state index contributed by atoms with van der Waals surface area (Å²) in [6.45, 7) is 0.935. The number of benzene rings is 3. The molecule has 2 N–H and O–H groups in total. The maximum atomic E-state index is 13.3. The van der Waals surface area contributed by atoms with Gasteiger partial charge in [0.15, 0.2) is 6.23 Å². The van der Waals surface area contributed by atoms with E-state index in [-0.39, 0.29) is 18.8 Å². The van der Waals surface area contributed by atoms with E-state index in [1.165, 1.54) is 30.9 Å². The first-order chi connectivity index (χ1) is 24.6. The van der Waals surface area contributed by atoms with Crippen LogP contribution < -0.4 is 20.5 Å². The molecule has 5 rings (SSSR count). The first-order valence-electron chi connectivity index (χ1n) is 16.0. The number of ether oxygens (including phenoxy) is 6. The molecule has 14 nitrogen and oxygen atoms in total. The molecule has 0 spiro atoms. The van der Waals surface area contributed by atoms with Crippen LogP contribution in [0.2, 0.25) is 0 Å². The zero-order valence-electron chi connectivity index (χ0n) is 28.5. The first-order valence-corrected chi connectivity index (χ1v) is 16.0. The second-order valence-corrected chi connectivity index (χ2v) is 11.6. The zero-order chi connectivity index (χ0) is 36.5. The normalized spacial score (nSPS) is 18.5. The number of hydrogen-bond acceptors (Lipinski definition) is 11. The average Bonchev–Trinajstić information content (AvgIpc) is 3.48. The maximum absolute atomic E-state index is 13.3. The van der Waals surface area contributed by atoms with Crippen molar-refractivity contribution in [3.8, 4) is 11.5 Å². The molecule has 2 heterocycles. The van der Waals surface area contributed by atoms with Gasteiger partial charge in [-0.3, -0.25) is 19.0 Å². The van der Waals surface area contributed by atoms with Gasteiger partial charge in [-0.1, -0.05) is 54.6 Å². The van der Waals surface area contributed by atoms with Crippen LogP contribution in [-0.2, 0) is 38.9 Å². The molecule has 0 aliphatic carbocycles. The SMILES string of the molecule is COc1ccc(C(O[C@H]2[C@@H](OC)[C@H](n3ccc(NC(C)=O)nc3=O)O[C@@H]2COC(=O)CCC(=O)O)(c2ccccc2)c2ccc(OC)cc2)cc1. The number of hydrogen-bond donors (Lipinski definition) is 2. The van der Waals surface area contributed by atoms with Crippen LogP contribution in [-0.4, -0.2) is 78.8 Å². The fourth-order valence-electron chi connectivity index (χ4n) is 6.00. The maximum Gasteiger partial charge on any atom is 0.351 e. The van der Waals surface area contributed by atoms with E-state index in [9.17, 15) is 19.2 Å². The van der Waals surface area contributed by atoms with Gasteiger partial charge in [-0.05, 0) is 47.0 Å². The summed E-state index contributed by atoms with van der Waals surface area (Å²) in [5.41, 5.74) is 0.0336. The summed E-state index contributed by atoms with van der Waals surface area (Å²) in [7, 11) is 4.58. The minimum absolute atomic E-state index is 0.0505. The number of nitrogens with one attached hydrogen (secondary N) is 1. The monoisotopic (exact) mass is 701 g/mol. The number of anilines is 1. The molecule has 0 unspecified atom stereocenters. The van der Waals surface area contributed by atoms with Crippen LogP contribution in [0, 0.1) is 0 Å². The van der Waals surface area contributed by atoms with Gasteiger partial charge >= 0.3 is 17.6 Å². The Morgan fingerprint density at radius 1 is 0.843 bits per heavy atom. The predicted octanol–water partition coefficient (Wildman–Crippen LogP) is 3.92.